The maximum absolute atomic E-state index is 13.0. The number of aliphatic hydroxyl groups excluding tert-OH is 2. The van der Waals surface area contributed by atoms with Gasteiger partial charge < -0.3 is 41.7 Å². The van der Waals surface area contributed by atoms with E-state index in [1.807, 2.05) is 0 Å². The molecule has 8 N–H and O–H groups in total. The Bertz CT molecular complexity index is 935. The highest BCUT2D eigenvalue weighted by Crippen LogP contribution is 2.12. The van der Waals surface area contributed by atoms with E-state index < -0.39 is 73.9 Å². The molecule has 1 aromatic rings. The van der Waals surface area contributed by atoms with Crippen LogP contribution in [0.25, 0.3) is 0 Å². The van der Waals surface area contributed by atoms with Crippen molar-refractivity contribution in [3.63, 3.8) is 0 Å². The summed E-state index contributed by atoms with van der Waals surface area (Å²) in [6.07, 6.45) is 1.73. The second kappa shape index (κ2) is 15.6. The topological polar surface area (TPSA) is 214 Å². The molecule has 4 atom stereocenters. The Morgan fingerprint density at radius 2 is 1.36 bits per heavy atom. The SMILES string of the molecule is [3H]CC(=O)N[C@@H](CO)C(=O)N[C@@H](Cc1ccc(O)cc1)C(=O)N[C@@H](CO)C(=O)N[C@@H](CCSC)C(=O)O. The van der Waals surface area contributed by atoms with Crippen LogP contribution < -0.4 is 21.3 Å². The summed E-state index contributed by atoms with van der Waals surface area (Å²) in [6.45, 7) is -2.38. The normalized spacial score (nSPS) is 14.4. The molecule has 0 bridgehead atoms. The average molecular weight is 531 g/mol. The lowest BCUT2D eigenvalue weighted by Crippen LogP contribution is -2.59. The molecule has 0 saturated carbocycles. The van der Waals surface area contributed by atoms with Crippen molar-refractivity contribution in [2.24, 2.45) is 0 Å². The quantitative estimate of drug-likeness (QED) is 0.122. The van der Waals surface area contributed by atoms with Crippen molar-refractivity contribution in [2.75, 3.05) is 25.2 Å². The summed E-state index contributed by atoms with van der Waals surface area (Å²) in [7, 11) is 0. The minimum absolute atomic E-state index is 0.0429. The van der Waals surface area contributed by atoms with Crippen LogP contribution >= 0.6 is 11.8 Å². The van der Waals surface area contributed by atoms with Gasteiger partial charge >= 0.3 is 5.97 Å². The number of nitrogens with one attached hydrogen (secondary N) is 4. The fourth-order valence-corrected chi connectivity index (χ4v) is 3.44. The van der Waals surface area contributed by atoms with E-state index >= 15 is 0 Å². The molecule has 13 nitrogen and oxygen atoms in total. The minimum atomic E-state index is -1.54. The zero-order valence-electron chi connectivity index (χ0n) is 20.6. The second-order valence-corrected chi connectivity index (χ2v) is 8.64. The second-order valence-electron chi connectivity index (χ2n) is 7.66. The summed E-state index contributed by atoms with van der Waals surface area (Å²) in [6, 6.07) is 0.0388. The van der Waals surface area contributed by atoms with Gasteiger partial charge in [-0.3, -0.25) is 19.2 Å². The molecule has 36 heavy (non-hydrogen) atoms. The molecule has 0 radical (unpaired) electrons. The Labute approximate surface area is 213 Å². The van der Waals surface area contributed by atoms with Crippen LogP contribution in [0.2, 0.25) is 0 Å². The van der Waals surface area contributed by atoms with Crippen molar-refractivity contribution < 1.29 is 45.8 Å². The number of hydrogen-bond acceptors (Lipinski definition) is 9. The van der Waals surface area contributed by atoms with Crippen molar-refractivity contribution in [2.45, 2.75) is 43.9 Å². The molecular formula is C22H32N4O9S. The molecule has 0 unspecified atom stereocenters. The van der Waals surface area contributed by atoms with Gasteiger partial charge in [-0.15, -0.1) is 0 Å². The highest BCUT2D eigenvalue weighted by molar-refractivity contribution is 7.98. The van der Waals surface area contributed by atoms with E-state index in [9.17, 15) is 44.4 Å². The molecule has 0 aliphatic carbocycles. The molecule has 0 aromatic heterocycles. The van der Waals surface area contributed by atoms with Gasteiger partial charge in [0.15, 0.2) is 0 Å². The highest BCUT2D eigenvalue weighted by Gasteiger charge is 2.30. The lowest BCUT2D eigenvalue weighted by molar-refractivity contribution is -0.142. The van der Waals surface area contributed by atoms with Crippen LogP contribution in [0.5, 0.6) is 5.75 Å². The molecule has 200 valence electrons. The van der Waals surface area contributed by atoms with E-state index in [-0.39, 0.29) is 18.6 Å². The van der Waals surface area contributed by atoms with E-state index in [1.165, 1.54) is 36.0 Å². The van der Waals surface area contributed by atoms with E-state index in [4.69, 9.17) is 1.37 Å². The van der Waals surface area contributed by atoms with E-state index in [2.05, 4.69) is 21.3 Å². The van der Waals surface area contributed by atoms with Crippen LogP contribution in [0.15, 0.2) is 24.3 Å². The number of carbonyl (C=O) groups excluding carboxylic acids is 4. The smallest absolute Gasteiger partial charge is 0.326 e. The first-order chi connectivity index (χ1) is 17.6. The number of carbonyl (C=O) groups is 5. The van der Waals surface area contributed by atoms with Gasteiger partial charge in [0.05, 0.1) is 13.2 Å². The summed E-state index contributed by atoms with van der Waals surface area (Å²) in [5.74, 6) is -4.54. The van der Waals surface area contributed by atoms with Gasteiger partial charge in [0.25, 0.3) is 0 Å². The summed E-state index contributed by atoms with van der Waals surface area (Å²) < 4.78 is 7.03. The number of phenols is 1. The number of benzene rings is 1. The molecule has 0 heterocycles. The predicted molar refractivity (Wildman–Crippen MR) is 130 cm³/mol. The monoisotopic (exact) mass is 530 g/mol. The average Bonchev–Trinajstić information content (AvgIpc) is 2.88. The first kappa shape index (κ1) is 28.9. The number of phenolic OH excluding ortho intramolecular Hbond substituents is 1. The number of rotatable bonds is 15. The summed E-state index contributed by atoms with van der Waals surface area (Å²) in [4.78, 5) is 61.1. The van der Waals surface area contributed by atoms with E-state index in [0.29, 0.717) is 11.3 Å². The maximum Gasteiger partial charge on any atom is 0.326 e. The number of thioether (sulfide) groups is 1. The van der Waals surface area contributed by atoms with Gasteiger partial charge in [0.2, 0.25) is 23.6 Å². The maximum atomic E-state index is 13.0. The zero-order chi connectivity index (χ0) is 28.0. The van der Waals surface area contributed by atoms with Crippen LogP contribution in [-0.4, -0.2) is 99.4 Å². The van der Waals surface area contributed by atoms with Crippen molar-refractivity contribution >= 4 is 41.4 Å². The molecule has 1 aromatic carbocycles. The largest absolute Gasteiger partial charge is 0.508 e. The van der Waals surface area contributed by atoms with Gasteiger partial charge in [0.1, 0.15) is 29.9 Å². The molecule has 1 rings (SSSR count). The molecule has 0 fully saturated rings. The Morgan fingerprint density at radius 1 is 0.861 bits per heavy atom. The van der Waals surface area contributed by atoms with Crippen molar-refractivity contribution in [1.29, 1.82) is 0 Å². The number of carboxylic acid groups (broad SMARTS) is 1. The minimum Gasteiger partial charge on any atom is -0.508 e. The molecule has 0 saturated heterocycles. The first-order valence-corrected chi connectivity index (χ1v) is 12.2. The number of aromatic hydroxyl groups is 1. The molecular weight excluding hydrogens is 496 g/mol. The fourth-order valence-electron chi connectivity index (χ4n) is 2.97. The third kappa shape index (κ3) is 10.5. The molecule has 0 spiro atoms. The van der Waals surface area contributed by atoms with Crippen LogP contribution in [0.4, 0.5) is 0 Å². The Morgan fingerprint density at radius 3 is 1.86 bits per heavy atom. The van der Waals surface area contributed by atoms with E-state index in [0.717, 1.165) is 0 Å². The van der Waals surface area contributed by atoms with E-state index in [1.54, 1.807) is 6.26 Å². The number of hydrogen-bond donors (Lipinski definition) is 8. The molecule has 4 amide bonds. The summed E-state index contributed by atoms with van der Waals surface area (Å²) in [5, 5.41) is 46.9. The summed E-state index contributed by atoms with van der Waals surface area (Å²) in [5.41, 5.74) is 0.488. The van der Waals surface area contributed by atoms with Gasteiger partial charge in [0, 0.05) is 14.7 Å². The highest BCUT2D eigenvalue weighted by atomic mass is 32.2. The molecule has 0 aliphatic heterocycles. The zero-order valence-corrected chi connectivity index (χ0v) is 20.4. The van der Waals surface area contributed by atoms with Crippen molar-refractivity contribution in [3.8, 4) is 5.75 Å². The van der Waals surface area contributed by atoms with Crippen molar-refractivity contribution in [3.05, 3.63) is 29.8 Å². The third-order valence-corrected chi connectivity index (χ3v) is 5.53. The van der Waals surface area contributed by atoms with Gasteiger partial charge in [-0.1, -0.05) is 12.1 Å². The van der Waals surface area contributed by atoms with Gasteiger partial charge in [-0.25, -0.2) is 4.79 Å². The number of carboxylic acids is 1. The van der Waals surface area contributed by atoms with Crippen LogP contribution in [0, 0.1) is 0 Å². The Balaban J connectivity index is 3.06. The number of aliphatic hydroxyl groups is 2. The molecule has 14 heteroatoms. The Kier molecular flexibility index (Phi) is 12.5. The fraction of sp³-hybridized carbons (Fsp3) is 0.500. The van der Waals surface area contributed by atoms with Gasteiger partial charge in [-0.05, 0) is 36.1 Å². The van der Waals surface area contributed by atoms with Crippen molar-refractivity contribution in [1.82, 2.24) is 21.3 Å². The third-order valence-electron chi connectivity index (χ3n) is 4.88. The van der Waals surface area contributed by atoms with Gasteiger partial charge in [-0.2, -0.15) is 11.8 Å². The Hall–Kier alpha value is -3.36. The summed E-state index contributed by atoms with van der Waals surface area (Å²) >= 11 is 1.38. The molecule has 0 aliphatic rings. The standard InChI is InChI=1S/C22H32N4O9S/c1-12(29)23-17(10-27)20(32)25-16(9-13-3-5-14(30)6-4-13)19(31)26-18(11-28)21(33)24-15(22(34)35)7-8-36-2/h3-6,15-18,27-28,30H,7-11H2,1-2H3,(H,23,29)(H,24,33)(H,25,32)(H,26,31)(H,34,35)/t15-,16-,17-,18-/m0/s1/i1T. The first-order valence-electron chi connectivity index (χ1n) is 11.5. The lowest BCUT2D eigenvalue weighted by atomic mass is 10.0. The van der Waals surface area contributed by atoms with Crippen LogP contribution in [-0.2, 0) is 30.4 Å². The number of amides is 4. The van der Waals surface area contributed by atoms with Crippen LogP contribution in [0.1, 0.15) is 20.3 Å². The number of aliphatic carboxylic acids is 1. The predicted octanol–water partition coefficient (Wildman–Crippen LogP) is -2.28. The van der Waals surface area contributed by atoms with Crippen LogP contribution in [0.3, 0.4) is 0 Å². The lowest BCUT2D eigenvalue weighted by Gasteiger charge is -2.25.